The molecule has 0 fully saturated rings. The summed E-state index contributed by atoms with van der Waals surface area (Å²) < 4.78 is 15.4. The lowest BCUT2D eigenvalue weighted by Gasteiger charge is -2.09. The second-order valence-electron chi connectivity index (χ2n) is 3.94. The van der Waals surface area contributed by atoms with Crippen LogP contribution in [0.1, 0.15) is 35.2 Å². The number of aromatic nitrogens is 2. The number of rotatable bonds is 4. The van der Waals surface area contributed by atoms with Gasteiger partial charge in [-0.15, -0.1) is 10.2 Å². The number of hydrogen-bond acceptors (Lipinski definition) is 6. The van der Waals surface area contributed by atoms with Crippen molar-refractivity contribution >= 4 is 5.97 Å². The molecule has 19 heavy (non-hydrogen) atoms. The summed E-state index contributed by atoms with van der Waals surface area (Å²) in [4.78, 5) is 11.9. The molecular formula is C13H14N2O4. The van der Waals surface area contributed by atoms with Gasteiger partial charge < -0.3 is 13.9 Å². The lowest BCUT2D eigenvalue weighted by molar-refractivity contribution is 0.0277. The SMILES string of the molecule is COc1ccc(C(=O)O[C@@H](C)c2nnc(C)o2)cc1. The molecule has 6 nitrogen and oxygen atoms in total. The van der Waals surface area contributed by atoms with Crippen LogP contribution in [0.4, 0.5) is 0 Å². The first-order chi connectivity index (χ1) is 9.10. The minimum atomic E-state index is -0.587. The molecule has 1 aromatic heterocycles. The first-order valence-corrected chi connectivity index (χ1v) is 5.75. The molecule has 0 aliphatic heterocycles. The van der Waals surface area contributed by atoms with Crippen molar-refractivity contribution in [1.82, 2.24) is 10.2 Å². The van der Waals surface area contributed by atoms with E-state index in [9.17, 15) is 4.79 Å². The maximum atomic E-state index is 11.9. The van der Waals surface area contributed by atoms with E-state index in [4.69, 9.17) is 13.9 Å². The van der Waals surface area contributed by atoms with Crippen LogP contribution in [0.2, 0.25) is 0 Å². The molecule has 1 atom stereocenters. The van der Waals surface area contributed by atoms with Gasteiger partial charge in [0.1, 0.15) is 5.75 Å². The zero-order chi connectivity index (χ0) is 13.8. The number of benzene rings is 1. The molecule has 0 spiro atoms. The fraction of sp³-hybridized carbons (Fsp3) is 0.308. The summed E-state index contributed by atoms with van der Waals surface area (Å²) >= 11 is 0. The molecule has 0 unspecified atom stereocenters. The van der Waals surface area contributed by atoms with Gasteiger partial charge in [0.2, 0.25) is 5.89 Å². The molecule has 2 rings (SSSR count). The van der Waals surface area contributed by atoms with Crippen molar-refractivity contribution in [2.24, 2.45) is 0 Å². The van der Waals surface area contributed by atoms with Crippen LogP contribution in [0, 0.1) is 6.92 Å². The van der Waals surface area contributed by atoms with Crippen molar-refractivity contribution in [3.05, 3.63) is 41.6 Å². The standard InChI is InChI=1S/C13H14N2O4/c1-8(12-15-14-9(2)19-12)18-13(16)10-4-6-11(17-3)7-5-10/h4-8H,1-3H3/t8-/m0/s1. The van der Waals surface area contributed by atoms with Gasteiger partial charge in [-0.2, -0.15) is 0 Å². The highest BCUT2D eigenvalue weighted by atomic mass is 16.6. The Morgan fingerprint density at radius 2 is 1.95 bits per heavy atom. The first-order valence-electron chi connectivity index (χ1n) is 5.75. The van der Waals surface area contributed by atoms with E-state index in [1.54, 1.807) is 45.2 Å². The van der Waals surface area contributed by atoms with Crippen LogP contribution in [0.5, 0.6) is 5.75 Å². The number of esters is 1. The second-order valence-corrected chi connectivity index (χ2v) is 3.94. The number of ether oxygens (including phenoxy) is 2. The van der Waals surface area contributed by atoms with E-state index < -0.39 is 12.1 Å². The third-order valence-electron chi connectivity index (χ3n) is 2.50. The number of nitrogens with zero attached hydrogens (tertiary/aromatic N) is 2. The number of carbonyl (C=O) groups excluding carboxylic acids is 1. The number of hydrogen-bond donors (Lipinski definition) is 0. The quantitative estimate of drug-likeness (QED) is 0.787. The fourth-order valence-corrected chi connectivity index (χ4v) is 1.48. The lowest BCUT2D eigenvalue weighted by Crippen LogP contribution is -2.09. The average molecular weight is 262 g/mol. The van der Waals surface area contributed by atoms with Crippen molar-refractivity contribution in [2.45, 2.75) is 20.0 Å². The highest BCUT2D eigenvalue weighted by molar-refractivity contribution is 5.89. The number of carbonyl (C=O) groups is 1. The number of aryl methyl sites for hydroxylation is 1. The molecule has 1 heterocycles. The molecule has 0 N–H and O–H groups in total. The van der Waals surface area contributed by atoms with Crippen molar-refractivity contribution in [3.8, 4) is 5.75 Å². The third kappa shape index (κ3) is 3.09. The van der Waals surface area contributed by atoms with Crippen molar-refractivity contribution in [2.75, 3.05) is 7.11 Å². The van der Waals surface area contributed by atoms with Crippen molar-refractivity contribution in [3.63, 3.8) is 0 Å². The van der Waals surface area contributed by atoms with E-state index in [0.717, 1.165) is 0 Å². The van der Waals surface area contributed by atoms with Crippen LogP contribution in [0.25, 0.3) is 0 Å². The van der Waals surface area contributed by atoms with Crippen LogP contribution in [0.3, 0.4) is 0 Å². The summed E-state index contributed by atoms with van der Waals surface area (Å²) in [7, 11) is 1.56. The van der Waals surface area contributed by atoms with E-state index >= 15 is 0 Å². The molecule has 6 heteroatoms. The van der Waals surface area contributed by atoms with E-state index in [1.807, 2.05) is 0 Å². The van der Waals surface area contributed by atoms with Gasteiger partial charge in [-0.1, -0.05) is 0 Å². The monoisotopic (exact) mass is 262 g/mol. The Labute approximate surface area is 110 Å². The highest BCUT2D eigenvalue weighted by Crippen LogP contribution is 2.18. The van der Waals surface area contributed by atoms with Gasteiger partial charge in [-0.05, 0) is 31.2 Å². The topological polar surface area (TPSA) is 74.5 Å². The molecule has 0 saturated carbocycles. The molecule has 0 aliphatic rings. The van der Waals surface area contributed by atoms with Crippen molar-refractivity contribution in [1.29, 1.82) is 0 Å². The lowest BCUT2D eigenvalue weighted by atomic mass is 10.2. The molecule has 0 saturated heterocycles. The highest BCUT2D eigenvalue weighted by Gasteiger charge is 2.18. The molecule has 100 valence electrons. The minimum Gasteiger partial charge on any atom is -0.497 e. The molecule has 2 aromatic rings. The summed E-state index contributed by atoms with van der Waals surface area (Å²) in [5.74, 6) is 0.935. The fourth-order valence-electron chi connectivity index (χ4n) is 1.48. The molecule has 1 aromatic carbocycles. The zero-order valence-electron chi connectivity index (χ0n) is 10.9. The minimum absolute atomic E-state index is 0.277. The average Bonchev–Trinajstić information content (AvgIpc) is 2.85. The van der Waals surface area contributed by atoms with Gasteiger partial charge in [0.25, 0.3) is 5.89 Å². The van der Waals surface area contributed by atoms with Crippen molar-refractivity contribution < 1.29 is 18.7 Å². The Kier molecular flexibility index (Phi) is 3.79. The Morgan fingerprint density at radius 3 is 2.47 bits per heavy atom. The van der Waals surface area contributed by atoms with E-state index in [1.165, 1.54) is 0 Å². The Hall–Kier alpha value is -2.37. The van der Waals surface area contributed by atoms with Crippen LogP contribution >= 0.6 is 0 Å². The number of methoxy groups -OCH3 is 1. The molecular weight excluding hydrogens is 248 g/mol. The van der Waals surface area contributed by atoms with E-state index in [-0.39, 0.29) is 5.89 Å². The molecule has 0 bridgehead atoms. The largest absolute Gasteiger partial charge is 0.497 e. The Balaban J connectivity index is 2.03. The second kappa shape index (κ2) is 5.51. The normalized spacial score (nSPS) is 11.9. The summed E-state index contributed by atoms with van der Waals surface area (Å²) in [5, 5.41) is 7.49. The summed E-state index contributed by atoms with van der Waals surface area (Å²) in [6.45, 7) is 3.35. The Bertz CT molecular complexity index is 562. The third-order valence-corrected chi connectivity index (χ3v) is 2.50. The summed E-state index contributed by atoms with van der Waals surface area (Å²) in [6, 6.07) is 6.65. The zero-order valence-corrected chi connectivity index (χ0v) is 10.9. The predicted octanol–water partition coefficient (Wildman–Crippen LogP) is 2.30. The van der Waals surface area contributed by atoms with Gasteiger partial charge in [0.15, 0.2) is 6.10 Å². The molecule has 0 amide bonds. The maximum Gasteiger partial charge on any atom is 0.338 e. The van der Waals surface area contributed by atoms with E-state index in [0.29, 0.717) is 17.2 Å². The van der Waals surface area contributed by atoms with Gasteiger partial charge in [-0.3, -0.25) is 0 Å². The van der Waals surface area contributed by atoms with E-state index in [2.05, 4.69) is 10.2 Å². The maximum absolute atomic E-state index is 11.9. The first kappa shape index (κ1) is 13.1. The smallest absolute Gasteiger partial charge is 0.338 e. The van der Waals surface area contributed by atoms with Crippen LogP contribution < -0.4 is 4.74 Å². The summed E-state index contributed by atoms with van der Waals surface area (Å²) in [5.41, 5.74) is 0.434. The van der Waals surface area contributed by atoms with Crippen LogP contribution in [0.15, 0.2) is 28.7 Å². The van der Waals surface area contributed by atoms with Gasteiger partial charge in [-0.25, -0.2) is 4.79 Å². The predicted molar refractivity (Wildman–Crippen MR) is 65.9 cm³/mol. The van der Waals surface area contributed by atoms with Gasteiger partial charge in [0.05, 0.1) is 12.7 Å². The molecule has 0 aliphatic carbocycles. The van der Waals surface area contributed by atoms with Crippen LogP contribution in [-0.2, 0) is 4.74 Å². The van der Waals surface area contributed by atoms with Crippen LogP contribution in [-0.4, -0.2) is 23.3 Å². The molecule has 0 radical (unpaired) electrons. The van der Waals surface area contributed by atoms with Gasteiger partial charge >= 0.3 is 5.97 Å². The van der Waals surface area contributed by atoms with Gasteiger partial charge in [0, 0.05) is 6.92 Å². The summed E-state index contributed by atoms with van der Waals surface area (Å²) in [6.07, 6.45) is -0.587. The Morgan fingerprint density at radius 1 is 1.26 bits per heavy atom.